The number of ether oxygens (including phenoxy) is 3. The van der Waals surface area contributed by atoms with Gasteiger partial charge in [0.25, 0.3) is 0 Å². The molecule has 0 bridgehead atoms. The maximum Gasteiger partial charge on any atom is 0.203 e. The molecule has 0 spiro atoms. The summed E-state index contributed by atoms with van der Waals surface area (Å²) in [6.45, 7) is 0.488. The molecule has 0 amide bonds. The minimum Gasteiger partial charge on any atom is -0.493 e. The van der Waals surface area contributed by atoms with E-state index in [1.807, 2.05) is 0 Å². The standard InChI is InChI=1S/C11H13BrO4/c1-14-9-5-8(7-13)6-10(11(9)15-2)16-4-3-12/h5-7H,3-4H2,1-2H3. The van der Waals surface area contributed by atoms with E-state index in [1.165, 1.54) is 14.2 Å². The lowest BCUT2D eigenvalue weighted by molar-refractivity contribution is 0.112. The van der Waals surface area contributed by atoms with Gasteiger partial charge in [0.1, 0.15) is 6.29 Å². The number of aldehydes is 1. The van der Waals surface area contributed by atoms with Gasteiger partial charge < -0.3 is 14.2 Å². The Hall–Kier alpha value is -1.23. The van der Waals surface area contributed by atoms with Crippen molar-refractivity contribution in [3.63, 3.8) is 0 Å². The van der Waals surface area contributed by atoms with Gasteiger partial charge in [-0.3, -0.25) is 4.79 Å². The topological polar surface area (TPSA) is 44.8 Å². The predicted octanol–water partition coefficient (Wildman–Crippen LogP) is 2.29. The number of alkyl halides is 1. The third-order valence-corrected chi connectivity index (χ3v) is 2.26. The summed E-state index contributed by atoms with van der Waals surface area (Å²) < 4.78 is 15.8. The van der Waals surface area contributed by atoms with Gasteiger partial charge in [0.05, 0.1) is 20.8 Å². The van der Waals surface area contributed by atoms with Crippen LogP contribution in [0.5, 0.6) is 17.2 Å². The Bertz CT molecular complexity index is 365. The Morgan fingerprint density at radius 2 is 1.94 bits per heavy atom. The second-order valence-corrected chi connectivity index (χ2v) is 3.70. The van der Waals surface area contributed by atoms with Gasteiger partial charge in [-0.25, -0.2) is 0 Å². The van der Waals surface area contributed by atoms with Gasteiger partial charge in [-0.2, -0.15) is 0 Å². The molecular weight excluding hydrogens is 276 g/mol. The van der Waals surface area contributed by atoms with E-state index < -0.39 is 0 Å². The zero-order valence-corrected chi connectivity index (χ0v) is 10.7. The van der Waals surface area contributed by atoms with E-state index >= 15 is 0 Å². The van der Waals surface area contributed by atoms with Crippen LogP contribution in [0.2, 0.25) is 0 Å². The van der Waals surface area contributed by atoms with Crippen molar-refractivity contribution in [2.45, 2.75) is 0 Å². The van der Waals surface area contributed by atoms with E-state index in [1.54, 1.807) is 12.1 Å². The van der Waals surface area contributed by atoms with Crippen LogP contribution in [-0.2, 0) is 0 Å². The highest BCUT2D eigenvalue weighted by Crippen LogP contribution is 2.38. The highest BCUT2D eigenvalue weighted by atomic mass is 79.9. The lowest BCUT2D eigenvalue weighted by atomic mass is 10.2. The van der Waals surface area contributed by atoms with Crippen LogP contribution in [0.25, 0.3) is 0 Å². The number of carbonyl (C=O) groups excluding carboxylic acids is 1. The molecule has 0 aliphatic rings. The van der Waals surface area contributed by atoms with Crippen LogP contribution in [0, 0.1) is 0 Å². The molecule has 0 fully saturated rings. The summed E-state index contributed by atoms with van der Waals surface area (Å²) in [5.74, 6) is 1.48. The summed E-state index contributed by atoms with van der Waals surface area (Å²) in [6, 6.07) is 3.23. The fourth-order valence-corrected chi connectivity index (χ4v) is 1.44. The van der Waals surface area contributed by atoms with Gasteiger partial charge in [-0.15, -0.1) is 0 Å². The largest absolute Gasteiger partial charge is 0.493 e. The normalized spacial score (nSPS) is 9.69. The van der Waals surface area contributed by atoms with Gasteiger partial charge in [0.15, 0.2) is 11.5 Å². The number of methoxy groups -OCH3 is 2. The van der Waals surface area contributed by atoms with E-state index in [-0.39, 0.29) is 0 Å². The molecule has 88 valence electrons. The van der Waals surface area contributed by atoms with Crippen molar-refractivity contribution in [2.24, 2.45) is 0 Å². The van der Waals surface area contributed by atoms with Crippen molar-refractivity contribution in [2.75, 3.05) is 26.2 Å². The zero-order valence-electron chi connectivity index (χ0n) is 9.16. The average Bonchev–Trinajstić information content (AvgIpc) is 2.34. The molecule has 0 aliphatic carbocycles. The maximum atomic E-state index is 10.7. The molecule has 0 saturated carbocycles. The predicted molar refractivity (Wildman–Crippen MR) is 64.2 cm³/mol. The Labute approximate surface area is 103 Å². The van der Waals surface area contributed by atoms with Crippen molar-refractivity contribution in [1.29, 1.82) is 0 Å². The molecule has 0 unspecified atom stereocenters. The molecule has 0 heterocycles. The quantitative estimate of drug-likeness (QED) is 0.595. The van der Waals surface area contributed by atoms with Gasteiger partial charge in [0.2, 0.25) is 5.75 Å². The second-order valence-electron chi connectivity index (χ2n) is 2.91. The van der Waals surface area contributed by atoms with Crippen molar-refractivity contribution in [1.82, 2.24) is 0 Å². The molecule has 0 radical (unpaired) electrons. The van der Waals surface area contributed by atoms with Crippen molar-refractivity contribution < 1.29 is 19.0 Å². The highest BCUT2D eigenvalue weighted by molar-refractivity contribution is 9.09. The molecule has 0 aromatic heterocycles. The summed E-state index contributed by atoms with van der Waals surface area (Å²) in [4.78, 5) is 10.7. The smallest absolute Gasteiger partial charge is 0.203 e. The molecule has 0 atom stereocenters. The number of carbonyl (C=O) groups is 1. The van der Waals surface area contributed by atoms with Gasteiger partial charge in [-0.1, -0.05) is 15.9 Å². The zero-order chi connectivity index (χ0) is 12.0. The number of halogens is 1. The molecule has 0 N–H and O–H groups in total. The van der Waals surface area contributed by atoms with E-state index in [9.17, 15) is 4.79 Å². The monoisotopic (exact) mass is 288 g/mol. The summed E-state index contributed by atoms with van der Waals surface area (Å²) in [5.41, 5.74) is 0.488. The minimum absolute atomic E-state index is 0.483. The van der Waals surface area contributed by atoms with Crippen molar-refractivity contribution in [3.8, 4) is 17.2 Å². The van der Waals surface area contributed by atoms with E-state index in [0.717, 1.165) is 6.29 Å². The van der Waals surface area contributed by atoms with E-state index in [4.69, 9.17) is 14.2 Å². The Morgan fingerprint density at radius 1 is 1.25 bits per heavy atom. The third-order valence-electron chi connectivity index (χ3n) is 1.94. The first-order valence-electron chi connectivity index (χ1n) is 4.66. The summed E-state index contributed by atoms with van der Waals surface area (Å²) >= 11 is 3.26. The van der Waals surface area contributed by atoms with Gasteiger partial charge in [0, 0.05) is 10.9 Å². The highest BCUT2D eigenvalue weighted by Gasteiger charge is 2.13. The summed E-state index contributed by atoms with van der Waals surface area (Å²) in [5, 5.41) is 0.698. The number of rotatable bonds is 6. The molecular formula is C11H13BrO4. The van der Waals surface area contributed by atoms with Crippen LogP contribution in [0.3, 0.4) is 0 Å². The van der Waals surface area contributed by atoms with E-state index in [0.29, 0.717) is 34.7 Å². The maximum absolute atomic E-state index is 10.7. The molecule has 5 heteroatoms. The van der Waals surface area contributed by atoms with Gasteiger partial charge >= 0.3 is 0 Å². The summed E-state index contributed by atoms with van der Waals surface area (Å²) in [6.07, 6.45) is 0.739. The minimum atomic E-state index is 0.483. The van der Waals surface area contributed by atoms with Crippen LogP contribution < -0.4 is 14.2 Å². The van der Waals surface area contributed by atoms with Crippen LogP contribution in [0.1, 0.15) is 10.4 Å². The second kappa shape index (κ2) is 6.37. The molecule has 16 heavy (non-hydrogen) atoms. The van der Waals surface area contributed by atoms with Gasteiger partial charge in [-0.05, 0) is 12.1 Å². The SMILES string of the molecule is COc1cc(C=O)cc(OCCBr)c1OC. The first kappa shape index (κ1) is 12.8. The van der Waals surface area contributed by atoms with Crippen molar-refractivity contribution in [3.05, 3.63) is 17.7 Å². The molecule has 0 aliphatic heterocycles. The Morgan fingerprint density at radius 3 is 2.44 bits per heavy atom. The molecule has 4 nitrogen and oxygen atoms in total. The fraction of sp³-hybridized carbons (Fsp3) is 0.364. The number of benzene rings is 1. The molecule has 1 aromatic rings. The molecule has 1 aromatic carbocycles. The Balaban J connectivity index is 3.14. The van der Waals surface area contributed by atoms with Crippen molar-refractivity contribution >= 4 is 22.2 Å². The van der Waals surface area contributed by atoms with Crippen LogP contribution in [0.4, 0.5) is 0 Å². The Kier molecular flexibility index (Phi) is 5.11. The first-order valence-corrected chi connectivity index (χ1v) is 5.79. The fourth-order valence-electron chi connectivity index (χ4n) is 1.27. The number of hydrogen-bond donors (Lipinski definition) is 0. The molecule has 1 rings (SSSR count). The van der Waals surface area contributed by atoms with Crippen LogP contribution in [-0.4, -0.2) is 32.4 Å². The first-order chi connectivity index (χ1) is 7.76. The van der Waals surface area contributed by atoms with Crippen LogP contribution >= 0.6 is 15.9 Å². The van der Waals surface area contributed by atoms with Crippen LogP contribution in [0.15, 0.2) is 12.1 Å². The lowest BCUT2D eigenvalue weighted by Crippen LogP contribution is -2.02. The average molecular weight is 289 g/mol. The molecule has 0 saturated heterocycles. The lowest BCUT2D eigenvalue weighted by Gasteiger charge is -2.13. The number of hydrogen-bond acceptors (Lipinski definition) is 4. The van der Waals surface area contributed by atoms with E-state index in [2.05, 4.69) is 15.9 Å². The summed E-state index contributed by atoms with van der Waals surface area (Å²) in [7, 11) is 3.04. The third kappa shape index (κ3) is 2.88.